The van der Waals surface area contributed by atoms with E-state index in [-0.39, 0.29) is 30.1 Å². The molecule has 4 atom stereocenters. The van der Waals surface area contributed by atoms with Gasteiger partial charge in [0, 0.05) is 39.1 Å². The smallest absolute Gasteiger partial charge is 0.243 e. The lowest BCUT2D eigenvalue weighted by molar-refractivity contribution is -0.133. The van der Waals surface area contributed by atoms with Gasteiger partial charge in [0.05, 0.1) is 18.4 Å². The highest BCUT2D eigenvalue weighted by atomic mass is 16.5. The van der Waals surface area contributed by atoms with Gasteiger partial charge in [-0.3, -0.25) is 9.59 Å². The van der Waals surface area contributed by atoms with E-state index in [1.54, 1.807) is 7.11 Å². The maximum Gasteiger partial charge on any atom is 0.243 e. The second-order valence-electron chi connectivity index (χ2n) is 12.4. The van der Waals surface area contributed by atoms with Crippen LogP contribution in [0.4, 0.5) is 0 Å². The van der Waals surface area contributed by atoms with Gasteiger partial charge in [-0.25, -0.2) is 0 Å². The number of aliphatic hydroxyl groups excluding tert-OH is 1. The van der Waals surface area contributed by atoms with Crippen molar-refractivity contribution in [2.24, 2.45) is 17.8 Å². The van der Waals surface area contributed by atoms with Crippen LogP contribution in [0.5, 0.6) is 5.75 Å². The number of methoxy groups -OCH3 is 1. The number of carbonyl (C=O) groups excluding carboxylic acids is 2. The minimum Gasteiger partial charge on any atom is -0.495 e. The molecule has 0 fully saturated rings. The first-order valence-electron chi connectivity index (χ1n) is 16.6. The Labute approximate surface area is 276 Å². The third-order valence-corrected chi connectivity index (χ3v) is 8.20. The molecule has 2 amide bonds. The van der Waals surface area contributed by atoms with Crippen LogP contribution in [0.3, 0.4) is 0 Å². The van der Waals surface area contributed by atoms with Crippen molar-refractivity contribution >= 4 is 11.8 Å². The summed E-state index contributed by atoms with van der Waals surface area (Å²) in [7, 11) is 1.67. The van der Waals surface area contributed by atoms with Gasteiger partial charge < -0.3 is 35.3 Å². The van der Waals surface area contributed by atoms with Crippen LogP contribution in [0, 0.1) is 31.6 Å². The van der Waals surface area contributed by atoms with Gasteiger partial charge in [-0.1, -0.05) is 76.1 Å². The number of carbonyl (C=O) groups is 2. The average molecular weight is 640 g/mol. The summed E-state index contributed by atoms with van der Waals surface area (Å²) in [5.74, 6) is -0.321. The highest BCUT2D eigenvalue weighted by Gasteiger charge is 2.32. The Kier molecular flexibility index (Phi) is 17.2. The number of benzene rings is 2. The Bertz CT molecular complexity index is 1230. The number of aryl methyl sites for hydroxylation is 2. The number of rotatable bonds is 21. The molecule has 2 rings (SSSR count). The Morgan fingerprint density at radius 3 is 2.26 bits per heavy atom. The highest BCUT2D eigenvalue weighted by Crippen LogP contribution is 2.23. The second-order valence-corrected chi connectivity index (χ2v) is 12.4. The van der Waals surface area contributed by atoms with E-state index in [1.807, 2.05) is 90.9 Å². The fraction of sp³-hybridized carbons (Fsp3) is 0.568. The van der Waals surface area contributed by atoms with Gasteiger partial charge in [0.1, 0.15) is 24.7 Å². The Morgan fingerprint density at radius 2 is 1.63 bits per heavy atom. The second kappa shape index (κ2) is 20.5. The first kappa shape index (κ1) is 38.6. The molecule has 0 saturated carbocycles. The maximum absolute atomic E-state index is 13.6. The van der Waals surface area contributed by atoms with Gasteiger partial charge in [-0.2, -0.15) is 0 Å². The lowest BCUT2D eigenvalue weighted by atomic mass is 9.87. The minimum absolute atomic E-state index is 0.0663. The Hall–Kier alpha value is -3.56. The number of hydrogen-bond donors (Lipinski definition) is 4. The van der Waals surface area contributed by atoms with Gasteiger partial charge in [0.15, 0.2) is 0 Å². The predicted molar refractivity (Wildman–Crippen MR) is 183 cm³/mol. The Morgan fingerprint density at radius 1 is 0.935 bits per heavy atom. The SMILES string of the molecule is CCN/C(=C/OCc1ccc(C)c(OCCCOC)c1)[C@@H](O)C[C@H](C(=O)N[C@H](C(=O)NCc1ccc(C)cc1)[C@@H](C)CC)C(C)C. The van der Waals surface area contributed by atoms with E-state index in [0.717, 1.165) is 40.8 Å². The van der Waals surface area contributed by atoms with Gasteiger partial charge in [-0.15, -0.1) is 0 Å². The number of likely N-dealkylation sites (N-methyl/N-ethyl adjacent to an activating group) is 1. The summed E-state index contributed by atoms with van der Waals surface area (Å²) in [5, 5.41) is 20.4. The minimum atomic E-state index is -0.965. The number of ether oxygens (including phenoxy) is 3. The van der Waals surface area contributed by atoms with Crippen LogP contribution in [0.2, 0.25) is 0 Å². The van der Waals surface area contributed by atoms with Crippen molar-refractivity contribution in [1.82, 2.24) is 16.0 Å². The monoisotopic (exact) mass is 639 g/mol. The predicted octanol–water partition coefficient (Wildman–Crippen LogP) is 5.56. The van der Waals surface area contributed by atoms with E-state index in [1.165, 1.54) is 6.26 Å². The fourth-order valence-corrected chi connectivity index (χ4v) is 4.96. The standard InChI is InChI=1S/C37H57N3O6/c1-9-27(6)35(37(43)39-22-29-15-12-26(5)13-16-29)40-36(42)31(25(3)4)21-33(41)32(38-10-2)24-45-23-30-17-14-28(7)34(20-30)46-19-11-18-44-8/h12-17,20,24-25,27,31,33,35,38,41H,9-11,18-19,21-23H2,1-8H3,(H,39,43)(H,40,42)/b32-24+/t27-,31-,33-,35-/m0/s1. The molecule has 0 aliphatic carbocycles. The summed E-state index contributed by atoms with van der Waals surface area (Å²) in [5.41, 5.74) is 4.62. The molecule has 0 unspecified atom stereocenters. The number of nitrogens with one attached hydrogen (secondary N) is 3. The van der Waals surface area contributed by atoms with E-state index < -0.39 is 18.1 Å². The van der Waals surface area contributed by atoms with Crippen molar-refractivity contribution in [2.75, 3.05) is 26.9 Å². The summed E-state index contributed by atoms with van der Waals surface area (Å²) in [6.45, 7) is 16.3. The van der Waals surface area contributed by atoms with E-state index >= 15 is 0 Å². The van der Waals surface area contributed by atoms with E-state index in [9.17, 15) is 14.7 Å². The first-order chi connectivity index (χ1) is 22.0. The zero-order chi connectivity index (χ0) is 34.1. The van der Waals surface area contributed by atoms with Gasteiger partial charge >= 0.3 is 0 Å². The van der Waals surface area contributed by atoms with Crippen molar-refractivity contribution in [3.8, 4) is 5.75 Å². The van der Waals surface area contributed by atoms with Crippen LogP contribution in [0.1, 0.15) is 76.1 Å². The van der Waals surface area contributed by atoms with Crippen molar-refractivity contribution in [1.29, 1.82) is 0 Å². The lowest BCUT2D eigenvalue weighted by Gasteiger charge is -2.29. The molecule has 0 spiro atoms. The molecule has 9 nitrogen and oxygen atoms in total. The summed E-state index contributed by atoms with van der Waals surface area (Å²) in [6, 6.07) is 13.2. The molecule has 46 heavy (non-hydrogen) atoms. The molecule has 2 aromatic rings. The van der Waals surface area contributed by atoms with Gasteiger partial charge in [0.2, 0.25) is 11.8 Å². The number of hydrogen-bond acceptors (Lipinski definition) is 7. The van der Waals surface area contributed by atoms with Crippen molar-refractivity contribution in [3.05, 3.63) is 76.7 Å². The van der Waals surface area contributed by atoms with Crippen LogP contribution in [-0.2, 0) is 32.2 Å². The van der Waals surface area contributed by atoms with Crippen molar-refractivity contribution in [2.45, 2.75) is 93.0 Å². The third-order valence-electron chi connectivity index (χ3n) is 8.20. The first-order valence-corrected chi connectivity index (χ1v) is 16.6. The third kappa shape index (κ3) is 13.0. The summed E-state index contributed by atoms with van der Waals surface area (Å²) < 4.78 is 16.9. The van der Waals surface area contributed by atoms with Crippen molar-refractivity contribution in [3.63, 3.8) is 0 Å². The van der Waals surface area contributed by atoms with Gasteiger partial charge in [-0.05, 0) is 61.8 Å². The molecule has 4 N–H and O–H groups in total. The van der Waals surface area contributed by atoms with E-state index in [4.69, 9.17) is 14.2 Å². The Balaban J connectivity index is 2.07. The molecule has 0 aliphatic heterocycles. The van der Waals surface area contributed by atoms with Crippen LogP contribution in [-0.4, -0.2) is 55.9 Å². The van der Waals surface area contributed by atoms with E-state index in [2.05, 4.69) is 16.0 Å². The highest BCUT2D eigenvalue weighted by molar-refractivity contribution is 5.88. The van der Waals surface area contributed by atoms with Crippen molar-refractivity contribution < 1.29 is 28.9 Å². The molecule has 9 heteroatoms. The molecular formula is C37H57N3O6. The molecule has 256 valence electrons. The van der Waals surface area contributed by atoms with Crippen LogP contribution in [0.15, 0.2) is 54.4 Å². The van der Waals surface area contributed by atoms with E-state index in [0.29, 0.717) is 38.6 Å². The molecule has 0 heterocycles. The fourth-order valence-electron chi connectivity index (χ4n) is 4.96. The molecule has 0 saturated heterocycles. The average Bonchev–Trinajstić information content (AvgIpc) is 3.04. The molecule has 0 aromatic heterocycles. The largest absolute Gasteiger partial charge is 0.495 e. The van der Waals surface area contributed by atoms with Crippen LogP contribution in [0.25, 0.3) is 0 Å². The quantitative estimate of drug-likeness (QED) is 0.104. The summed E-state index contributed by atoms with van der Waals surface area (Å²) >= 11 is 0. The molecule has 0 bridgehead atoms. The summed E-state index contributed by atoms with van der Waals surface area (Å²) in [4.78, 5) is 26.9. The number of amides is 2. The zero-order valence-corrected chi connectivity index (χ0v) is 29.2. The normalized spacial score (nSPS) is 14.3. The zero-order valence-electron chi connectivity index (χ0n) is 29.2. The molecular weight excluding hydrogens is 582 g/mol. The maximum atomic E-state index is 13.6. The molecule has 2 aromatic carbocycles. The van der Waals surface area contributed by atoms with Crippen LogP contribution >= 0.6 is 0 Å². The lowest BCUT2D eigenvalue weighted by Crippen LogP contribution is -2.52. The number of aliphatic hydroxyl groups is 1. The van der Waals surface area contributed by atoms with Crippen LogP contribution < -0.4 is 20.7 Å². The van der Waals surface area contributed by atoms with Gasteiger partial charge in [0.25, 0.3) is 0 Å². The molecule has 0 radical (unpaired) electrons. The topological polar surface area (TPSA) is 118 Å². The molecule has 0 aliphatic rings. The summed E-state index contributed by atoms with van der Waals surface area (Å²) in [6.07, 6.45) is 2.27.